The zero-order valence-electron chi connectivity index (χ0n) is 17.4. The van der Waals surface area contributed by atoms with Gasteiger partial charge in [-0.05, 0) is 30.9 Å². The maximum Gasteiger partial charge on any atom is 0.240 e. The van der Waals surface area contributed by atoms with Gasteiger partial charge < -0.3 is 25.6 Å². The average molecular weight is 405 g/mol. The molecule has 1 aliphatic rings. The van der Waals surface area contributed by atoms with Crippen LogP contribution in [0.2, 0.25) is 0 Å². The first-order valence-corrected chi connectivity index (χ1v) is 9.97. The van der Waals surface area contributed by atoms with Gasteiger partial charge >= 0.3 is 0 Å². The lowest BCUT2D eigenvalue weighted by Gasteiger charge is -2.27. The Morgan fingerprint density at radius 1 is 1.17 bits per heavy atom. The molecule has 3 amide bonds. The molecule has 1 aromatic heterocycles. The van der Waals surface area contributed by atoms with Crippen molar-refractivity contribution in [3.05, 3.63) is 24.0 Å². The lowest BCUT2D eigenvalue weighted by Crippen LogP contribution is -2.51. The fraction of sp³-hybridized carbons (Fsp3) is 0.600. The van der Waals surface area contributed by atoms with Crippen LogP contribution in [-0.2, 0) is 20.8 Å². The molecule has 9 heteroatoms. The Morgan fingerprint density at radius 2 is 1.97 bits per heavy atom. The van der Waals surface area contributed by atoms with Crippen molar-refractivity contribution in [3.63, 3.8) is 0 Å². The lowest BCUT2D eigenvalue weighted by molar-refractivity contribution is -0.137. The van der Waals surface area contributed by atoms with Gasteiger partial charge in [-0.15, -0.1) is 0 Å². The minimum Gasteiger partial charge on any atom is -0.490 e. The lowest BCUT2D eigenvalue weighted by atomic mass is 10.0. The van der Waals surface area contributed by atoms with E-state index < -0.39 is 6.04 Å². The number of nitrogens with zero attached hydrogens (tertiary/aromatic N) is 2. The number of aryl methyl sites for hydroxylation is 1. The van der Waals surface area contributed by atoms with Crippen LogP contribution in [0.4, 0.5) is 0 Å². The average Bonchev–Trinajstić information content (AvgIpc) is 2.69. The summed E-state index contributed by atoms with van der Waals surface area (Å²) < 4.78 is 5.86. The Bertz CT molecular complexity index is 710. The molecule has 0 fully saturated rings. The molecule has 0 radical (unpaired) electrons. The summed E-state index contributed by atoms with van der Waals surface area (Å²) in [4.78, 5) is 42.4. The van der Waals surface area contributed by atoms with E-state index in [1.165, 1.54) is 4.90 Å². The molecule has 1 atom stereocenters. The van der Waals surface area contributed by atoms with Crippen LogP contribution in [0.15, 0.2) is 18.3 Å². The predicted molar refractivity (Wildman–Crippen MR) is 108 cm³/mol. The molecule has 0 aliphatic carbocycles. The number of likely N-dealkylation sites (N-methyl/N-ethyl adjacent to an activating group) is 1. The number of hydrogen-bond acceptors (Lipinski definition) is 6. The van der Waals surface area contributed by atoms with E-state index in [2.05, 4.69) is 20.9 Å². The monoisotopic (exact) mass is 405 g/mol. The second kappa shape index (κ2) is 11.4. The van der Waals surface area contributed by atoms with Gasteiger partial charge in [-0.2, -0.15) is 0 Å². The van der Waals surface area contributed by atoms with Crippen LogP contribution >= 0.6 is 0 Å². The van der Waals surface area contributed by atoms with Crippen LogP contribution in [0.1, 0.15) is 26.0 Å². The third kappa shape index (κ3) is 7.34. The fourth-order valence-corrected chi connectivity index (χ4v) is 3.04. The highest BCUT2D eigenvalue weighted by Crippen LogP contribution is 2.16. The third-order valence-corrected chi connectivity index (χ3v) is 4.62. The molecular weight excluding hydrogens is 374 g/mol. The van der Waals surface area contributed by atoms with Gasteiger partial charge in [-0.3, -0.25) is 19.4 Å². The number of carbonyl (C=O) groups is 3. The summed E-state index contributed by atoms with van der Waals surface area (Å²) >= 11 is 0. The summed E-state index contributed by atoms with van der Waals surface area (Å²) in [5.74, 6) is -0.0755. The molecule has 0 saturated carbocycles. The zero-order valence-corrected chi connectivity index (χ0v) is 17.4. The summed E-state index contributed by atoms with van der Waals surface area (Å²) in [5.41, 5.74) is 0.826. The number of carbonyl (C=O) groups excluding carboxylic acids is 3. The van der Waals surface area contributed by atoms with Crippen LogP contribution in [0, 0.1) is 5.92 Å². The van der Waals surface area contributed by atoms with Crippen LogP contribution in [0.3, 0.4) is 0 Å². The largest absolute Gasteiger partial charge is 0.490 e. The molecule has 2 heterocycles. The Hall–Kier alpha value is -2.68. The molecule has 1 aromatic rings. The number of amides is 3. The number of pyridine rings is 1. The highest BCUT2D eigenvalue weighted by Gasteiger charge is 2.26. The summed E-state index contributed by atoms with van der Waals surface area (Å²) in [7, 11) is 1.58. The van der Waals surface area contributed by atoms with Gasteiger partial charge in [0, 0.05) is 26.3 Å². The highest BCUT2D eigenvalue weighted by atomic mass is 16.5. The van der Waals surface area contributed by atoms with E-state index in [9.17, 15) is 14.4 Å². The number of aromatic nitrogens is 1. The normalized spacial score (nSPS) is 20.8. The second-order valence-electron chi connectivity index (χ2n) is 7.40. The SMILES string of the molecule is CC(C)C1NCCOc2cccnc2CCCNC(=O)CNC(=O)CN(C)C1=O. The first-order valence-electron chi connectivity index (χ1n) is 9.97. The molecule has 29 heavy (non-hydrogen) atoms. The van der Waals surface area contributed by atoms with Crippen molar-refractivity contribution >= 4 is 17.7 Å². The van der Waals surface area contributed by atoms with E-state index in [4.69, 9.17) is 4.74 Å². The second-order valence-corrected chi connectivity index (χ2v) is 7.40. The van der Waals surface area contributed by atoms with Gasteiger partial charge in [0.15, 0.2) is 0 Å². The minimum absolute atomic E-state index is 0.0401. The van der Waals surface area contributed by atoms with Crippen molar-refractivity contribution in [1.82, 2.24) is 25.8 Å². The maximum atomic E-state index is 12.7. The van der Waals surface area contributed by atoms with E-state index in [0.29, 0.717) is 38.3 Å². The molecule has 0 spiro atoms. The topological polar surface area (TPSA) is 113 Å². The van der Waals surface area contributed by atoms with Crippen molar-refractivity contribution in [2.45, 2.75) is 32.7 Å². The molecule has 3 N–H and O–H groups in total. The summed E-state index contributed by atoms with van der Waals surface area (Å²) in [6.07, 6.45) is 3.08. The minimum atomic E-state index is -0.438. The molecule has 2 rings (SSSR count). The van der Waals surface area contributed by atoms with E-state index in [1.54, 1.807) is 13.2 Å². The highest BCUT2D eigenvalue weighted by molar-refractivity contribution is 5.89. The Balaban J connectivity index is 2.09. The smallest absolute Gasteiger partial charge is 0.240 e. The Morgan fingerprint density at radius 3 is 2.72 bits per heavy atom. The fourth-order valence-electron chi connectivity index (χ4n) is 3.04. The number of rotatable bonds is 1. The maximum absolute atomic E-state index is 12.7. The van der Waals surface area contributed by atoms with E-state index in [0.717, 1.165) is 5.69 Å². The first kappa shape index (κ1) is 22.6. The summed E-state index contributed by atoms with van der Waals surface area (Å²) in [6.45, 7) is 5.01. The molecule has 1 unspecified atom stereocenters. The van der Waals surface area contributed by atoms with E-state index in [-0.39, 0.29) is 36.7 Å². The van der Waals surface area contributed by atoms with Gasteiger partial charge in [0.1, 0.15) is 12.4 Å². The molecule has 9 nitrogen and oxygen atoms in total. The molecule has 0 bridgehead atoms. The van der Waals surface area contributed by atoms with E-state index >= 15 is 0 Å². The molecular formula is C20H31N5O4. The Kier molecular flexibility index (Phi) is 8.85. The summed E-state index contributed by atoms with van der Waals surface area (Å²) in [5, 5.41) is 8.54. The van der Waals surface area contributed by atoms with Gasteiger partial charge in [-0.25, -0.2) is 0 Å². The van der Waals surface area contributed by atoms with Crippen LogP contribution in [-0.4, -0.2) is 73.5 Å². The number of nitrogens with one attached hydrogen (secondary N) is 3. The van der Waals surface area contributed by atoms with Gasteiger partial charge in [0.05, 0.1) is 24.8 Å². The van der Waals surface area contributed by atoms with Crippen molar-refractivity contribution < 1.29 is 19.1 Å². The molecule has 160 valence electrons. The van der Waals surface area contributed by atoms with E-state index in [1.807, 2.05) is 26.0 Å². The Labute approximate surface area is 171 Å². The quantitative estimate of drug-likeness (QED) is 0.592. The van der Waals surface area contributed by atoms with Gasteiger partial charge in [0.25, 0.3) is 0 Å². The van der Waals surface area contributed by atoms with Crippen molar-refractivity contribution in [2.24, 2.45) is 5.92 Å². The molecule has 0 saturated heterocycles. The van der Waals surface area contributed by atoms with Crippen LogP contribution < -0.4 is 20.7 Å². The third-order valence-electron chi connectivity index (χ3n) is 4.62. The standard InChI is InChI=1S/C20H31N5O4/c1-14(2)19-20(28)25(3)13-18(27)24-12-17(26)22-9-4-6-15-16(7-5-8-21-15)29-11-10-23-19/h5,7-8,14,19,23H,4,6,9-13H2,1-3H3,(H,22,26)(H,24,27). The molecule has 1 aliphatic heterocycles. The zero-order chi connectivity index (χ0) is 21.2. The van der Waals surface area contributed by atoms with Crippen LogP contribution in [0.5, 0.6) is 5.75 Å². The van der Waals surface area contributed by atoms with Crippen molar-refractivity contribution in [3.8, 4) is 5.75 Å². The molecule has 0 aromatic carbocycles. The number of ether oxygens (including phenoxy) is 1. The number of fused-ring (bicyclic) bond motifs is 1. The first-order chi connectivity index (χ1) is 13.9. The predicted octanol–water partition coefficient (Wildman–Crippen LogP) is -0.288. The van der Waals surface area contributed by atoms with Crippen LogP contribution in [0.25, 0.3) is 0 Å². The number of hydrogen-bond donors (Lipinski definition) is 3. The van der Waals surface area contributed by atoms with Gasteiger partial charge in [-0.1, -0.05) is 13.8 Å². The van der Waals surface area contributed by atoms with Gasteiger partial charge in [0.2, 0.25) is 17.7 Å². The summed E-state index contributed by atoms with van der Waals surface area (Å²) in [6, 6.07) is 3.25. The van der Waals surface area contributed by atoms with Crippen molar-refractivity contribution in [1.29, 1.82) is 0 Å². The van der Waals surface area contributed by atoms with Crippen molar-refractivity contribution in [2.75, 3.05) is 39.8 Å².